The van der Waals surface area contributed by atoms with Gasteiger partial charge in [0, 0.05) is 23.7 Å². The van der Waals surface area contributed by atoms with Gasteiger partial charge in [0.05, 0.1) is 11.6 Å². The number of aliphatic hydroxyl groups excluding tert-OH is 1. The van der Waals surface area contributed by atoms with Crippen molar-refractivity contribution in [3.8, 4) is 0 Å². The van der Waals surface area contributed by atoms with Crippen LogP contribution in [0.15, 0.2) is 36.5 Å². The van der Waals surface area contributed by atoms with E-state index >= 15 is 0 Å². The van der Waals surface area contributed by atoms with Crippen molar-refractivity contribution in [3.05, 3.63) is 42.1 Å². The SMILES string of the molecule is CC(C)C(O)CCNC(=O)c1ccc2ncccc2c1. The largest absolute Gasteiger partial charge is 0.393 e. The van der Waals surface area contributed by atoms with Gasteiger partial charge in [0.15, 0.2) is 0 Å². The van der Waals surface area contributed by atoms with Gasteiger partial charge >= 0.3 is 0 Å². The second-order valence-electron chi connectivity index (χ2n) is 5.27. The zero-order valence-corrected chi connectivity index (χ0v) is 11.8. The summed E-state index contributed by atoms with van der Waals surface area (Å²) in [7, 11) is 0. The molecule has 4 heteroatoms. The molecule has 0 aliphatic heterocycles. The third-order valence-electron chi connectivity index (χ3n) is 3.36. The molecule has 0 aliphatic carbocycles. The minimum atomic E-state index is -0.379. The zero-order valence-electron chi connectivity index (χ0n) is 11.8. The summed E-state index contributed by atoms with van der Waals surface area (Å²) in [5.74, 6) is 0.0883. The van der Waals surface area contributed by atoms with E-state index in [1.165, 1.54) is 0 Å². The normalized spacial score (nSPS) is 12.6. The van der Waals surface area contributed by atoms with Crippen molar-refractivity contribution < 1.29 is 9.90 Å². The number of nitrogens with one attached hydrogen (secondary N) is 1. The number of carbonyl (C=O) groups excluding carboxylic acids is 1. The van der Waals surface area contributed by atoms with E-state index in [-0.39, 0.29) is 17.9 Å². The Morgan fingerprint density at radius 2 is 2.15 bits per heavy atom. The van der Waals surface area contributed by atoms with Crippen LogP contribution in [0.25, 0.3) is 10.9 Å². The Labute approximate surface area is 118 Å². The van der Waals surface area contributed by atoms with Gasteiger partial charge in [0.25, 0.3) is 5.91 Å². The minimum absolute atomic E-state index is 0.119. The average molecular weight is 272 g/mol. The number of carbonyl (C=O) groups is 1. The molecule has 0 spiro atoms. The van der Waals surface area contributed by atoms with Crippen LogP contribution in [0.4, 0.5) is 0 Å². The zero-order chi connectivity index (χ0) is 14.5. The first-order valence-corrected chi connectivity index (χ1v) is 6.89. The Morgan fingerprint density at radius 3 is 2.90 bits per heavy atom. The van der Waals surface area contributed by atoms with Crippen molar-refractivity contribution in [2.24, 2.45) is 5.92 Å². The third kappa shape index (κ3) is 3.54. The smallest absolute Gasteiger partial charge is 0.251 e. The lowest BCUT2D eigenvalue weighted by Gasteiger charge is -2.14. The molecule has 20 heavy (non-hydrogen) atoms. The molecule has 0 saturated heterocycles. The molecule has 1 aromatic heterocycles. The van der Waals surface area contributed by atoms with Crippen molar-refractivity contribution >= 4 is 16.8 Å². The molecule has 4 nitrogen and oxygen atoms in total. The summed E-state index contributed by atoms with van der Waals surface area (Å²) in [5, 5.41) is 13.5. The Bertz CT molecular complexity index is 596. The second-order valence-corrected chi connectivity index (χ2v) is 5.27. The van der Waals surface area contributed by atoms with Crippen LogP contribution in [0.1, 0.15) is 30.6 Å². The van der Waals surface area contributed by atoms with E-state index in [9.17, 15) is 9.90 Å². The fraction of sp³-hybridized carbons (Fsp3) is 0.375. The quantitative estimate of drug-likeness (QED) is 0.878. The summed E-state index contributed by atoms with van der Waals surface area (Å²) in [4.78, 5) is 16.2. The molecule has 0 fully saturated rings. The van der Waals surface area contributed by atoms with Crippen LogP contribution in [0.3, 0.4) is 0 Å². The molecule has 0 saturated carbocycles. The predicted molar refractivity (Wildman–Crippen MR) is 79.5 cm³/mol. The Balaban J connectivity index is 1.97. The maximum atomic E-state index is 12.0. The van der Waals surface area contributed by atoms with Crippen LogP contribution >= 0.6 is 0 Å². The number of hydrogen-bond donors (Lipinski definition) is 2. The molecule has 0 bridgehead atoms. The highest BCUT2D eigenvalue weighted by molar-refractivity contribution is 5.97. The molecule has 106 valence electrons. The summed E-state index contributed by atoms with van der Waals surface area (Å²) in [5.41, 5.74) is 1.49. The number of fused-ring (bicyclic) bond motifs is 1. The van der Waals surface area contributed by atoms with Crippen LogP contribution in [0, 0.1) is 5.92 Å². The molecule has 1 unspecified atom stereocenters. The summed E-state index contributed by atoms with van der Waals surface area (Å²) < 4.78 is 0. The highest BCUT2D eigenvalue weighted by Gasteiger charge is 2.10. The molecule has 0 radical (unpaired) electrons. The van der Waals surface area contributed by atoms with Gasteiger partial charge in [-0.3, -0.25) is 9.78 Å². The molecule has 1 heterocycles. The van der Waals surface area contributed by atoms with Gasteiger partial charge in [-0.1, -0.05) is 19.9 Å². The summed E-state index contributed by atoms with van der Waals surface area (Å²) in [6, 6.07) is 9.22. The summed E-state index contributed by atoms with van der Waals surface area (Å²) in [6.45, 7) is 4.40. The number of nitrogens with zero attached hydrogens (tertiary/aromatic N) is 1. The number of hydrogen-bond acceptors (Lipinski definition) is 3. The monoisotopic (exact) mass is 272 g/mol. The first-order valence-electron chi connectivity index (χ1n) is 6.89. The third-order valence-corrected chi connectivity index (χ3v) is 3.36. The molecule has 2 N–H and O–H groups in total. The minimum Gasteiger partial charge on any atom is -0.393 e. The second kappa shape index (κ2) is 6.48. The van der Waals surface area contributed by atoms with Gasteiger partial charge in [0.1, 0.15) is 0 Å². The first kappa shape index (κ1) is 14.5. The van der Waals surface area contributed by atoms with Crippen molar-refractivity contribution in [2.45, 2.75) is 26.4 Å². The van der Waals surface area contributed by atoms with E-state index in [1.54, 1.807) is 12.3 Å². The van der Waals surface area contributed by atoms with Gasteiger partial charge in [0.2, 0.25) is 0 Å². The van der Waals surface area contributed by atoms with Gasteiger partial charge in [-0.15, -0.1) is 0 Å². The molecular weight excluding hydrogens is 252 g/mol. The molecule has 1 amide bonds. The van der Waals surface area contributed by atoms with Crippen molar-refractivity contribution in [2.75, 3.05) is 6.54 Å². The number of pyridine rings is 1. The number of aliphatic hydroxyl groups is 1. The van der Waals surface area contributed by atoms with Crippen molar-refractivity contribution in [1.82, 2.24) is 10.3 Å². The van der Waals surface area contributed by atoms with Gasteiger partial charge in [-0.05, 0) is 36.6 Å². The number of benzene rings is 1. The van der Waals surface area contributed by atoms with E-state index < -0.39 is 0 Å². The van der Waals surface area contributed by atoms with Crippen molar-refractivity contribution in [3.63, 3.8) is 0 Å². The molecule has 1 atom stereocenters. The fourth-order valence-electron chi connectivity index (χ4n) is 1.99. The Morgan fingerprint density at radius 1 is 1.35 bits per heavy atom. The fourth-order valence-corrected chi connectivity index (χ4v) is 1.99. The molecule has 2 rings (SSSR count). The van der Waals surface area contributed by atoms with E-state index in [1.807, 2.05) is 38.1 Å². The lowest BCUT2D eigenvalue weighted by atomic mass is 10.0. The van der Waals surface area contributed by atoms with Crippen LogP contribution in [0.5, 0.6) is 0 Å². The average Bonchev–Trinajstić information content (AvgIpc) is 2.46. The van der Waals surface area contributed by atoms with Gasteiger partial charge in [-0.2, -0.15) is 0 Å². The van der Waals surface area contributed by atoms with E-state index in [2.05, 4.69) is 10.3 Å². The lowest BCUT2D eigenvalue weighted by molar-refractivity contribution is 0.0920. The molecule has 0 aliphatic rings. The summed E-state index contributed by atoms with van der Waals surface area (Å²) >= 11 is 0. The van der Waals surface area contributed by atoms with E-state index in [0.29, 0.717) is 18.5 Å². The Hall–Kier alpha value is -1.94. The van der Waals surface area contributed by atoms with Crippen molar-refractivity contribution in [1.29, 1.82) is 0 Å². The molecule has 1 aromatic carbocycles. The van der Waals surface area contributed by atoms with Crippen LogP contribution in [-0.2, 0) is 0 Å². The molecule has 2 aromatic rings. The number of rotatable bonds is 5. The maximum Gasteiger partial charge on any atom is 0.251 e. The van der Waals surface area contributed by atoms with Crippen LogP contribution in [0.2, 0.25) is 0 Å². The lowest BCUT2D eigenvalue weighted by Crippen LogP contribution is -2.28. The van der Waals surface area contributed by atoms with Gasteiger partial charge in [-0.25, -0.2) is 0 Å². The van der Waals surface area contributed by atoms with Crippen LogP contribution in [-0.4, -0.2) is 28.6 Å². The highest BCUT2D eigenvalue weighted by Crippen LogP contribution is 2.13. The Kier molecular flexibility index (Phi) is 4.69. The van der Waals surface area contributed by atoms with Gasteiger partial charge < -0.3 is 10.4 Å². The maximum absolute atomic E-state index is 12.0. The topological polar surface area (TPSA) is 62.2 Å². The van der Waals surface area contributed by atoms with Crippen LogP contribution < -0.4 is 5.32 Å². The van der Waals surface area contributed by atoms with E-state index in [4.69, 9.17) is 0 Å². The predicted octanol–water partition coefficient (Wildman–Crippen LogP) is 2.37. The summed E-state index contributed by atoms with van der Waals surface area (Å²) in [6.07, 6.45) is 1.92. The first-order chi connectivity index (χ1) is 9.58. The molecular formula is C16H20N2O2. The van der Waals surface area contributed by atoms with E-state index in [0.717, 1.165) is 10.9 Å². The highest BCUT2D eigenvalue weighted by atomic mass is 16.3. The number of aromatic nitrogens is 1. The standard InChI is InChI=1S/C16H20N2O2/c1-11(2)15(19)7-9-18-16(20)13-5-6-14-12(10-13)4-3-8-17-14/h3-6,8,10-11,15,19H,7,9H2,1-2H3,(H,18,20). The number of amides is 1.